The Hall–Kier alpha value is -0.530. The lowest BCUT2D eigenvalue weighted by Crippen LogP contribution is -2.72. The van der Waals surface area contributed by atoms with Crippen molar-refractivity contribution < 1.29 is 4.74 Å². The van der Waals surface area contributed by atoms with Crippen molar-refractivity contribution in [1.29, 1.82) is 0 Å². The van der Waals surface area contributed by atoms with Gasteiger partial charge in [-0.3, -0.25) is 4.99 Å². The molecule has 6 heteroatoms. The van der Waals surface area contributed by atoms with Crippen LogP contribution in [0.5, 0.6) is 0 Å². The van der Waals surface area contributed by atoms with Crippen molar-refractivity contribution in [3.8, 4) is 0 Å². The van der Waals surface area contributed by atoms with E-state index in [-0.39, 0.29) is 30.0 Å². The van der Waals surface area contributed by atoms with Crippen LogP contribution >= 0.6 is 35.6 Å². The number of aliphatic imine (C=N–C) groups is 1. The number of rotatable bonds is 3. The highest BCUT2D eigenvalue weighted by Gasteiger charge is 2.66. The van der Waals surface area contributed by atoms with Crippen LogP contribution in [0.15, 0.2) is 29.3 Å². The maximum absolute atomic E-state index is 6.11. The molecule has 0 amide bonds. The normalized spacial score (nSPS) is 30.5. The summed E-state index contributed by atoms with van der Waals surface area (Å²) in [7, 11) is 1.84. The second kappa shape index (κ2) is 7.61. The molecule has 1 aromatic rings. The van der Waals surface area contributed by atoms with Gasteiger partial charge in [0.15, 0.2) is 5.96 Å². The number of benzene rings is 1. The third kappa shape index (κ3) is 3.28. The Kier molecular flexibility index (Phi) is 5.85. The van der Waals surface area contributed by atoms with E-state index in [0.29, 0.717) is 23.5 Å². The van der Waals surface area contributed by atoms with Gasteiger partial charge in [0.2, 0.25) is 0 Å². The Bertz CT molecular complexity index is 649. The van der Waals surface area contributed by atoms with Crippen LogP contribution in [0.25, 0.3) is 0 Å². The molecule has 0 aromatic heterocycles. The molecular formula is C19H27ClIN3O. The Labute approximate surface area is 172 Å². The second-order valence-electron chi connectivity index (χ2n) is 7.45. The van der Waals surface area contributed by atoms with Gasteiger partial charge in [-0.2, -0.15) is 0 Å². The van der Waals surface area contributed by atoms with E-state index in [9.17, 15) is 0 Å². The van der Waals surface area contributed by atoms with Crippen LogP contribution in [0.4, 0.5) is 0 Å². The summed E-state index contributed by atoms with van der Waals surface area (Å²) in [4.78, 5) is 4.46. The van der Waals surface area contributed by atoms with Crippen LogP contribution in [0.3, 0.4) is 0 Å². The lowest BCUT2D eigenvalue weighted by atomic mass is 9.46. The van der Waals surface area contributed by atoms with Gasteiger partial charge in [-0.15, -0.1) is 24.0 Å². The van der Waals surface area contributed by atoms with Crippen molar-refractivity contribution in [3.05, 3.63) is 34.9 Å². The number of halogens is 2. The first kappa shape index (κ1) is 19.2. The summed E-state index contributed by atoms with van der Waals surface area (Å²) in [6, 6.07) is 8.64. The number of nitrogens with zero attached hydrogens (tertiary/aromatic N) is 1. The van der Waals surface area contributed by atoms with Gasteiger partial charge >= 0.3 is 0 Å². The molecule has 1 spiro atoms. The average molecular weight is 476 g/mol. The molecular weight excluding hydrogens is 449 g/mol. The van der Waals surface area contributed by atoms with Crippen LogP contribution in [0.2, 0.25) is 5.02 Å². The summed E-state index contributed by atoms with van der Waals surface area (Å²) in [5, 5.41) is 7.99. The fourth-order valence-corrected chi connectivity index (χ4v) is 5.04. The predicted octanol–water partition coefficient (Wildman–Crippen LogP) is 4.14. The molecule has 2 aliphatic carbocycles. The van der Waals surface area contributed by atoms with Crippen LogP contribution in [0, 0.1) is 11.3 Å². The molecule has 4 unspecified atom stereocenters. The van der Waals surface area contributed by atoms with E-state index < -0.39 is 0 Å². The molecule has 3 aliphatic rings. The van der Waals surface area contributed by atoms with Crippen molar-refractivity contribution in [2.45, 2.75) is 50.8 Å². The van der Waals surface area contributed by atoms with Crippen LogP contribution in [0.1, 0.15) is 44.2 Å². The number of hydrogen-bond acceptors (Lipinski definition) is 2. The van der Waals surface area contributed by atoms with Gasteiger partial charge in [-0.05, 0) is 43.9 Å². The van der Waals surface area contributed by atoms with E-state index in [1.54, 1.807) is 0 Å². The van der Waals surface area contributed by atoms with Crippen molar-refractivity contribution in [1.82, 2.24) is 10.6 Å². The third-order valence-corrected chi connectivity index (χ3v) is 6.49. The van der Waals surface area contributed by atoms with E-state index in [4.69, 9.17) is 16.3 Å². The van der Waals surface area contributed by atoms with Crippen LogP contribution < -0.4 is 10.6 Å². The number of guanidine groups is 1. The SMILES string of the molecule is CN=C(NC(C)c1cccc(Cl)c1)NC1C2CCOC2C12CCC2.I. The number of fused-ring (bicyclic) bond motifs is 2. The maximum Gasteiger partial charge on any atom is 0.191 e. The molecule has 1 aliphatic heterocycles. The first-order chi connectivity index (χ1) is 11.6. The van der Waals surface area contributed by atoms with Crippen molar-refractivity contribution in [2.24, 2.45) is 16.3 Å². The minimum atomic E-state index is 0. The van der Waals surface area contributed by atoms with Gasteiger partial charge in [-0.1, -0.05) is 30.2 Å². The fourth-order valence-electron chi connectivity index (χ4n) is 4.84. The molecule has 1 aromatic carbocycles. The fraction of sp³-hybridized carbons (Fsp3) is 0.632. The number of nitrogens with one attached hydrogen (secondary N) is 2. The first-order valence-corrected chi connectivity index (χ1v) is 9.39. The summed E-state index contributed by atoms with van der Waals surface area (Å²) >= 11 is 6.11. The minimum Gasteiger partial charge on any atom is -0.377 e. The molecule has 4 atom stereocenters. The average Bonchev–Trinajstić information content (AvgIpc) is 2.94. The molecule has 4 nitrogen and oxygen atoms in total. The topological polar surface area (TPSA) is 45.7 Å². The Morgan fingerprint density at radius 3 is 2.84 bits per heavy atom. The molecule has 1 saturated heterocycles. The highest BCUT2D eigenvalue weighted by molar-refractivity contribution is 14.0. The summed E-state index contributed by atoms with van der Waals surface area (Å²) in [5.74, 6) is 1.52. The van der Waals surface area contributed by atoms with Gasteiger partial charge in [0.1, 0.15) is 0 Å². The monoisotopic (exact) mass is 475 g/mol. The quantitative estimate of drug-likeness (QED) is 0.392. The summed E-state index contributed by atoms with van der Waals surface area (Å²) in [6.45, 7) is 3.06. The summed E-state index contributed by atoms with van der Waals surface area (Å²) in [6.07, 6.45) is 5.55. The zero-order valence-corrected chi connectivity index (χ0v) is 17.9. The Morgan fingerprint density at radius 2 is 2.20 bits per heavy atom. The standard InChI is InChI=1S/C19H26ClN3O.HI/c1-12(13-5-3-6-14(20)11-13)22-18(21-2)23-16-15-7-10-24-17(15)19(16)8-4-9-19;/h3,5-6,11-12,15-17H,4,7-10H2,1-2H3,(H2,21,22,23);1H. The van der Waals surface area contributed by atoms with Gasteiger partial charge in [0, 0.05) is 36.1 Å². The largest absolute Gasteiger partial charge is 0.377 e. The van der Waals surface area contributed by atoms with E-state index >= 15 is 0 Å². The number of hydrogen-bond donors (Lipinski definition) is 2. The molecule has 138 valence electrons. The molecule has 1 heterocycles. The van der Waals surface area contributed by atoms with Crippen LogP contribution in [-0.4, -0.2) is 31.8 Å². The predicted molar refractivity (Wildman–Crippen MR) is 113 cm³/mol. The molecule has 2 saturated carbocycles. The lowest BCUT2D eigenvalue weighted by molar-refractivity contribution is -0.171. The molecule has 3 fully saturated rings. The van der Waals surface area contributed by atoms with Gasteiger partial charge in [0.25, 0.3) is 0 Å². The zero-order chi connectivity index (χ0) is 16.7. The Morgan fingerprint density at radius 1 is 1.40 bits per heavy atom. The summed E-state index contributed by atoms with van der Waals surface area (Å²) in [5.41, 5.74) is 1.53. The zero-order valence-electron chi connectivity index (χ0n) is 14.8. The van der Waals surface area contributed by atoms with Crippen molar-refractivity contribution in [3.63, 3.8) is 0 Å². The minimum absolute atomic E-state index is 0. The summed E-state index contributed by atoms with van der Waals surface area (Å²) < 4.78 is 6.00. The molecule has 2 N–H and O–H groups in total. The first-order valence-electron chi connectivity index (χ1n) is 9.01. The van der Waals surface area contributed by atoms with Crippen molar-refractivity contribution in [2.75, 3.05) is 13.7 Å². The third-order valence-electron chi connectivity index (χ3n) is 6.25. The smallest absolute Gasteiger partial charge is 0.191 e. The molecule has 4 rings (SSSR count). The Balaban J connectivity index is 0.00000182. The van der Waals surface area contributed by atoms with E-state index in [1.807, 2.05) is 25.2 Å². The van der Waals surface area contributed by atoms with E-state index in [2.05, 4.69) is 28.6 Å². The lowest BCUT2D eigenvalue weighted by Gasteiger charge is -2.63. The van der Waals surface area contributed by atoms with E-state index in [1.165, 1.54) is 31.2 Å². The van der Waals surface area contributed by atoms with Crippen LogP contribution in [-0.2, 0) is 4.74 Å². The van der Waals surface area contributed by atoms with E-state index in [0.717, 1.165) is 17.6 Å². The molecule has 0 radical (unpaired) electrons. The van der Waals surface area contributed by atoms with Crippen molar-refractivity contribution >= 4 is 41.5 Å². The maximum atomic E-state index is 6.11. The van der Waals surface area contributed by atoms with Gasteiger partial charge < -0.3 is 15.4 Å². The number of ether oxygens (including phenoxy) is 1. The van der Waals surface area contributed by atoms with Gasteiger partial charge in [-0.25, -0.2) is 0 Å². The molecule has 25 heavy (non-hydrogen) atoms. The second-order valence-corrected chi connectivity index (χ2v) is 7.88. The molecule has 0 bridgehead atoms. The highest BCUT2D eigenvalue weighted by Crippen LogP contribution is 2.62. The highest BCUT2D eigenvalue weighted by atomic mass is 127. The van der Waals surface area contributed by atoms with Gasteiger partial charge in [0.05, 0.1) is 12.1 Å².